The minimum Gasteiger partial charge on any atom is -0.493 e. The van der Waals surface area contributed by atoms with E-state index in [1.165, 1.54) is 0 Å². The van der Waals surface area contributed by atoms with Gasteiger partial charge in [0.05, 0.1) is 11.9 Å². The van der Waals surface area contributed by atoms with Gasteiger partial charge in [-0.2, -0.15) is 0 Å². The van der Waals surface area contributed by atoms with E-state index in [0.717, 1.165) is 15.3 Å². The molecule has 7 nitrogen and oxygen atoms in total. The lowest BCUT2D eigenvalue weighted by Crippen LogP contribution is -2.31. The van der Waals surface area contributed by atoms with E-state index in [9.17, 15) is 14.7 Å². The number of hydrogen-bond donors (Lipinski definition) is 3. The lowest BCUT2D eigenvalue weighted by Gasteiger charge is -2.09. The van der Waals surface area contributed by atoms with Crippen molar-refractivity contribution in [2.75, 3.05) is 0 Å². The van der Waals surface area contributed by atoms with Gasteiger partial charge in [0.15, 0.2) is 0 Å². The molecular weight excluding hydrogens is 318 g/mol. The number of aromatic amines is 1. The number of halogens is 1. The number of aromatic hydroxyl groups is 1. The fourth-order valence-corrected chi connectivity index (χ4v) is 1.81. The zero-order valence-electron chi connectivity index (χ0n) is 9.37. The number of oxime groups is 1. The molecule has 0 atom stereocenters. The van der Waals surface area contributed by atoms with E-state index < -0.39 is 17.1 Å². The summed E-state index contributed by atoms with van der Waals surface area (Å²) in [6.45, 7) is 0. The Morgan fingerprint density at radius 2 is 1.89 bits per heavy atom. The fraction of sp³-hybridized carbons (Fsp3) is 0. The zero-order valence-corrected chi connectivity index (χ0v) is 11.0. The SMILES string of the molecule is O=c1[nH]c(=O)n(-c2ccc(Br)cc2)c(O)c1/C=N/O. The molecule has 0 saturated heterocycles. The zero-order chi connectivity index (χ0) is 14.0. The van der Waals surface area contributed by atoms with Gasteiger partial charge in [-0.3, -0.25) is 9.78 Å². The van der Waals surface area contributed by atoms with Crippen molar-refractivity contribution in [2.24, 2.45) is 5.16 Å². The van der Waals surface area contributed by atoms with Crippen LogP contribution in [0.3, 0.4) is 0 Å². The molecule has 0 spiro atoms. The maximum Gasteiger partial charge on any atom is 0.335 e. The molecule has 2 rings (SSSR count). The Kier molecular flexibility index (Phi) is 3.52. The summed E-state index contributed by atoms with van der Waals surface area (Å²) in [6, 6.07) is 6.49. The fourth-order valence-electron chi connectivity index (χ4n) is 1.54. The first-order valence-electron chi connectivity index (χ1n) is 5.06. The molecule has 19 heavy (non-hydrogen) atoms. The second-order valence-corrected chi connectivity index (χ2v) is 4.47. The molecule has 0 amide bonds. The van der Waals surface area contributed by atoms with Gasteiger partial charge in [-0.05, 0) is 24.3 Å². The van der Waals surface area contributed by atoms with Crippen molar-refractivity contribution in [3.8, 4) is 11.6 Å². The maximum absolute atomic E-state index is 11.7. The summed E-state index contributed by atoms with van der Waals surface area (Å²) in [6.07, 6.45) is 0.753. The molecule has 98 valence electrons. The van der Waals surface area contributed by atoms with Crippen LogP contribution in [0.5, 0.6) is 5.88 Å². The molecule has 0 bridgehead atoms. The minimum atomic E-state index is -0.839. The maximum atomic E-state index is 11.7. The van der Waals surface area contributed by atoms with Crippen LogP contribution in [0.1, 0.15) is 5.56 Å². The Labute approximate surface area is 114 Å². The van der Waals surface area contributed by atoms with E-state index in [4.69, 9.17) is 5.21 Å². The first-order chi connectivity index (χ1) is 9.04. The van der Waals surface area contributed by atoms with Crippen LogP contribution < -0.4 is 11.2 Å². The number of aromatic nitrogens is 2. The van der Waals surface area contributed by atoms with Crippen LogP contribution in [0.2, 0.25) is 0 Å². The van der Waals surface area contributed by atoms with Crippen LogP contribution in [0.4, 0.5) is 0 Å². The standard InChI is InChI=1S/C11H8BrN3O4/c12-6-1-3-7(4-2-6)15-10(17)8(5-13-19)9(16)14-11(15)18/h1-5,17,19H,(H,14,16,18)/b13-5+. The Bertz CT molecular complexity index is 746. The van der Waals surface area contributed by atoms with Crippen molar-refractivity contribution in [1.82, 2.24) is 9.55 Å². The molecule has 3 N–H and O–H groups in total. The molecule has 1 heterocycles. The van der Waals surface area contributed by atoms with Crippen LogP contribution in [-0.4, -0.2) is 26.1 Å². The van der Waals surface area contributed by atoms with Gasteiger partial charge in [0.25, 0.3) is 5.56 Å². The van der Waals surface area contributed by atoms with E-state index in [-0.39, 0.29) is 5.56 Å². The van der Waals surface area contributed by atoms with Gasteiger partial charge in [0, 0.05) is 4.47 Å². The minimum absolute atomic E-state index is 0.315. The Morgan fingerprint density at radius 3 is 2.47 bits per heavy atom. The first-order valence-corrected chi connectivity index (χ1v) is 5.85. The van der Waals surface area contributed by atoms with Crippen molar-refractivity contribution < 1.29 is 10.3 Å². The molecule has 0 saturated carbocycles. The summed E-state index contributed by atoms with van der Waals surface area (Å²) < 4.78 is 1.69. The monoisotopic (exact) mass is 325 g/mol. The van der Waals surface area contributed by atoms with Crippen LogP contribution in [-0.2, 0) is 0 Å². The number of rotatable bonds is 2. The number of benzene rings is 1. The van der Waals surface area contributed by atoms with E-state index in [2.05, 4.69) is 21.1 Å². The molecule has 1 aromatic heterocycles. The highest BCUT2D eigenvalue weighted by molar-refractivity contribution is 9.10. The molecule has 0 radical (unpaired) electrons. The molecule has 8 heteroatoms. The van der Waals surface area contributed by atoms with Crippen LogP contribution in [0, 0.1) is 0 Å². The van der Waals surface area contributed by atoms with Crippen LogP contribution >= 0.6 is 15.9 Å². The Morgan fingerprint density at radius 1 is 1.26 bits per heavy atom. The highest BCUT2D eigenvalue weighted by Gasteiger charge is 2.14. The number of hydrogen-bond acceptors (Lipinski definition) is 5. The Hall–Kier alpha value is -2.35. The summed E-state index contributed by atoms with van der Waals surface area (Å²) in [5.74, 6) is -0.603. The highest BCUT2D eigenvalue weighted by atomic mass is 79.9. The smallest absolute Gasteiger partial charge is 0.335 e. The van der Waals surface area contributed by atoms with Crippen molar-refractivity contribution in [2.45, 2.75) is 0 Å². The average molecular weight is 326 g/mol. The molecule has 0 aliphatic carbocycles. The van der Waals surface area contributed by atoms with Gasteiger partial charge in [-0.15, -0.1) is 0 Å². The molecule has 1 aromatic carbocycles. The van der Waals surface area contributed by atoms with E-state index in [1.54, 1.807) is 24.3 Å². The third-order valence-corrected chi connectivity index (χ3v) is 2.92. The predicted molar refractivity (Wildman–Crippen MR) is 71.4 cm³/mol. The largest absolute Gasteiger partial charge is 0.493 e. The van der Waals surface area contributed by atoms with Gasteiger partial charge >= 0.3 is 5.69 Å². The summed E-state index contributed by atoms with van der Waals surface area (Å²) in [7, 11) is 0. The van der Waals surface area contributed by atoms with E-state index in [0.29, 0.717) is 5.69 Å². The lowest BCUT2D eigenvalue weighted by atomic mass is 10.3. The third kappa shape index (κ3) is 2.43. The second-order valence-electron chi connectivity index (χ2n) is 3.55. The third-order valence-electron chi connectivity index (χ3n) is 2.39. The predicted octanol–water partition coefficient (Wildman–Crippen LogP) is 0.802. The average Bonchev–Trinajstić information content (AvgIpc) is 2.36. The molecule has 0 aliphatic heterocycles. The van der Waals surface area contributed by atoms with Crippen molar-refractivity contribution in [3.05, 3.63) is 55.1 Å². The second kappa shape index (κ2) is 5.11. The number of H-pyrrole nitrogens is 1. The van der Waals surface area contributed by atoms with Crippen molar-refractivity contribution in [3.63, 3.8) is 0 Å². The highest BCUT2D eigenvalue weighted by Crippen LogP contribution is 2.17. The summed E-state index contributed by atoms with van der Waals surface area (Å²) in [4.78, 5) is 25.2. The van der Waals surface area contributed by atoms with E-state index >= 15 is 0 Å². The first kappa shape index (κ1) is 13.1. The topological polar surface area (TPSA) is 108 Å². The van der Waals surface area contributed by atoms with E-state index in [1.807, 2.05) is 4.98 Å². The van der Waals surface area contributed by atoms with Crippen LogP contribution in [0.25, 0.3) is 5.69 Å². The summed E-state index contributed by atoms with van der Waals surface area (Å²) >= 11 is 3.24. The molecular formula is C11H8BrN3O4. The quantitative estimate of drug-likeness (QED) is 0.431. The van der Waals surface area contributed by atoms with Crippen LogP contribution in [0.15, 0.2) is 43.5 Å². The van der Waals surface area contributed by atoms with Gasteiger partial charge in [0.2, 0.25) is 5.88 Å². The van der Waals surface area contributed by atoms with Gasteiger partial charge < -0.3 is 10.3 Å². The number of nitrogens with one attached hydrogen (secondary N) is 1. The van der Waals surface area contributed by atoms with Gasteiger partial charge in [0.1, 0.15) is 5.56 Å². The van der Waals surface area contributed by atoms with Gasteiger partial charge in [-0.25, -0.2) is 9.36 Å². The number of nitrogens with zero attached hydrogens (tertiary/aromatic N) is 2. The van der Waals surface area contributed by atoms with Gasteiger partial charge in [-0.1, -0.05) is 21.1 Å². The van der Waals surface area contributed by atoms with Crippen molar-refractivity contribution >= 4 is 22.1 Å². The molecule has 0 fully saturated rings. The normalized spacial score (nSPS) is 11.0. The lowest BCUT2D eigenvalue weighted by molar-refractivity contribution is 0.321. The molecule has 0 unspecified atom stereocenters. The summed E-state index contributed by atoms with van der Waals surface area (Å²) in [5, 5.41) is 21.1. The summed E-state index contributed by atoms with van der Waals surface area (Å²) in [5.41, 5.74) is -1.59. The Balaban J connectivity index is 2.77. The van der Waals surface area contributed by atoms with Crippen molar-refractivity contribution in [1.29, 1.82) is 0 Å². The molecule has 0 aliphatic rings. The molecule has 2 aromatic rings.